The van der Waals surface area contributed by atoms with Gasteiger partial charge >= 0.3 is 0 Å². The number of benzene rings is 2. The molecule has 2 aromatic carbocycles. The topological polar surface area (TPSA) is 38.8 Å². The molecule has 1 aliphatic rings. The quantitative estimate of drug-likeness (QED) is 0.780. The van der Waals surface area contributed by atoms with Gasteiger partial charge in [0.05, 0.1) is 20.3 Å². The second kappa shape index (κ2) is 8.21. The van der Waals surface area contributed by atoms with Crippen molar-refractivity contribution in [2.75, 3.05) is 20.8 Å². The number of aryl methyl sites for hydroxylation is 1. The lowest BCUT2D eigenvalue weighted by atomic mass is 10.0. The van der Waals surface area contributed by atoms with Crippen LogP contribution in [0.5, 0.6) is 11.5 Å². The zero-order chi connectivity index (χ0) is 18.5. The molecule has 1 heterocycles. The second-order valence-electron chi connectivity index (χ2n) is 6.49. The Bertz CT molecular complexity index is 778. The van der Waals surface area contributed by atoms with Crippen molar-refractivity contribution in [1.82, 2.24) is 4.90 Å². The zero-order valence-corrected chi connectivity index (χ0v) is 15.2. The zero-order valence-electron chi connectivity index (χ0n) is 15.2. The SMILES string of the molecule is COc1cccc(C2CCCN2C(=O)CCc2ccc(OC)c(F)c2)c1. The van der Waals surface area contributed by atoms with Crippen LogP contribution in [0, 0.1) is 5.82 Å². The van der Waals surface area contributed by atoms with Crippen molar-refractivity contribution >= 4 is 5.91 Å². The Hall–Kier alpha value is -2.56. The summed E-state index contributed by atoms with van der Waals surface area (Å²) in [5.41, 5.74) is 1.90. The molecule has 1 fully saturated rings. The summed E-state index contributed by atoms with van der Waals surface area (Å²) in [5.74, 6) is 0.729. The number of carbonyl (C=O) groups excluding carboxylic acids is 1. The lowest BCUT2D eigenvalue weighted by Gasteiger charge is -2.25. The molecule has 26 heavy (non-hydrogen) atoms. The van der Waals surface area contributed by atoms with Crippen LogP contribution in [0.3, 0.4) is 0 Å². The van der Waals surface area contributed by atoms with Crippen LogP contribution < -0.4 is 9.47 Å². The predicted octanol–water partition coefficient (Wildman–Crippen LogP) is 4.14. The van der Waals surface area contributed by atoms with Gasteiger partial charge in [0.25, 0.3) is 0 Å². The van der Waals surface area contributed by atoms with Crippen molar-refractivity contribution in [2.24, 2.45) is 0 Å². The van der Waals surface area contributed by atoms with Gasteiger partial charge in [-0.25, -0.2) is 4.39 Å². The maximum absolute atomic E-state index is 13.8. The average Bonchev–Trinajstić information content (AvgIpc) is 3.16. The third-order valence-electron chi connectivity index (χ3n) is 4.90. The highest BCUT2D eigenvalue weighted by molar-refractivity contribution is 5.77. The van der Waals surface area contributed by atoms with E-state index in [-0.39, 0.29) is 17.7 Å². The minimum atomic E-state index is -0.395. The maximum atomic E-state index is 13.8. The largest absolute Gasteiger partial charge is 0.497 e. The monoisotopic (exact) mass is 357 g/mol. The molecule has 1 atom stereocenters. The molecule has 0 aliphatic carbocycles. The fraction of sp³-hybridized carbons (Fsp3) is 0.381. The second-order valence-corrected chi connectivity index (χ2v) is 6.49. The Kier molecular flexibility index (Phi) is 5.76. The number of carbonyl (C=O) groups is 1. The molecule has 0 saturated carbocycles. The Morgan fingerprint density at radius 2 is 2.04 bits per heavy atom. The van der Waals surface area contributed by atoms with Gasteiger partial charge < -0.3 is 14.4 Å². The molecular weight excluding hydrogens is 333 g/mol. The molecule has 0 spiro atoms. The third-order valence-corrected chi connectivity index (χ3v) is 4.90. The third kappa shape index (κ3) is 3.98. The molecule has 1 saturated heterocycles. The standard InChI is InChI=1S/C21H24FNO3/c1-25-17-6-3-5-16(14-17)19-7-4-12-23(19)21(24)11-9-15-8-10-20(26-2)18(22)13-15/h3,5-6,8,10,13-14,19H,4,7,9,11-12H2,1-2H3. The number of ether oxygens (including phenoxy) is 2. The minimum Gasteiger partial charge on any atom is -0.497 e. The van der Waals surface area contributed by atoms with Gasteiger partial charge in [0.1, 0.15) is 5.75 Å². The van der Waals surface area contributed by atoms with E-state index in [1.54, 1.807) is 19.2 Å². The average molecular weight is 357 g/mol. The Morgan fingerprint density at radius 1 is 1.19 bits per heavy atom. The van der Waals surface area contributed by atoms with E-state index in [0.29, 0.717) is 12.8 Å². The van der Waals surface area contributed by atoms with E-state index in [4.69, 9.17) is 9.47 Å². The van der Waals surface area contributed by atoms with Crippen molar-refractivity contribution in [3.05, 3.63) is 59.4 Å². The van der Waals surface area contributed by atoms with E-state index in [0.717, 1.165) is 36.3 Å². The highest BCUT2D eigenvalue weighted by Gasteiger charge is 2.29. The highest BCUT2D eigenvalue weighted by Crippen LogP contribution is 2.34. The van der Waals surface area contributed by atoms with Gasteiger partial charge in [-0.2, -0.15) is 0 Å². The molecule has 0 N–H and O–H groups in total. The first-order valence-electron chi connectivity index (χ1n) is 8.88. The van der Waals surface area contributed by atoms with Gasteiger partial charge in [0.15, 0.2) is 11.6 Å². The summed E-state index contributed by atoms with van der Waals surface area (Å²) in [4.78, 5) is 14.7. The lowest BCUT2D eigenvalue weighted by Crippen LogP contribution is -2.30. The highest BCUT2D eigenvalue weighted by atomic mass is 19.1. The van der Waals surface area contributed by atoms with Gasteiger partial charge in [0.2, 0.25) is 5.91 Å². The van der Waals surface area contributed by atoms with Gasteiger partial charge in [-0.1, -0.05) is 18.2 Å². The number of halogens is 1. The molecule has 1 unspecified atom stereocenters. The number of likely N-dealkylation sites (tertiary alicyclic amines) is 1. The van der Waals surface area contributed by atoms with Crippen LogP contribution in [0.4, 0.5) is 4.39 Å². The van der Waals surface area contributed by atoms with Crippen LogP contribution in [0.2, 0.25) is 0 Å². The number of methoxy groups -OCH3 is 2. The summed E-state index contributed by atoms with van der Waals surface area (Å²) in [6, 6.07) is 12.8. The molecule has 0 aromatic heterocycles. The predicted molar refractivity (Wildman–Crippen MR) is 98.0 cm³/mol. The number of amides is 1. The van der Waals surface area contributed by atoms with E-state index in [2.05, 4.69) is 0 Å². The number of rotatable bonds is 6. The van der Waals surface area contributed by atoms with Gasteiger partial charge in [-0.15, -0.1) is 0 Å². The van der Waals surface area contributed by atoms with Crippen LogP contribution in [-0.2, 0) is 11.2 Å². The van der Waals surface area contributed by atoms with Crippen LogP contribution in [0.25, 0.3) is 0 Å². The number of hydrogen-bond acceptors (Lipinski definition) is 3. The van der Waals surface area contributed by atoms with Crippen molar-refractivity contribution in [3.8, 4) is 11.5 Å². The normalized spacial score (nSPS) is 16.6. The summed E-state index contributed by atoms with van der Waals surface area (Å²) >= 11 is 0. The first-order valence-corrected chi connectivity index (χ1v) is 8.88. The first-order chi connectivity index (χ1) is 12.6. The summed E-state index contributed by atoms with van der Waals surface area (Å²) in [6.45, 7) is 0.762. The van der Waals surface area contributed by atoms with Crippen molar-refractivity contribution in [1.29, 1.82) is 0 Å². The Morgan fingerprint density at radius 3 is 2.77 bits per heavy atom. The summed E-state index contributed by atoms with van der Waals surface area (Å²) in [6.07, 6.45) is 2.83. The maximum Gasteiger partial charge on any atom is 0.223 e. The van der Waals surface area contributed by atoms with E-state index >= 15 is 0 Å². The van der Waals surface area contributed by atoms with Crippen LogP contribution >= 0.6 is 0 Å². The number of hydrogen-bond donors (Lipinski definition) is 0. The Labute approximate surface area is 153 Å². The summed E-state index contributed by atoms with van der Waals surface area (Å²) in [7, 11) is 3.08. The van der Waals surface area contributed by atoms with Gasteiger partial charge in [0, 0.05) is 13.0 Å². The first kappa shape index (κ1) is 18.2. The summed E-state index contributed by atoms with van der Waals surface area (Å²) < 4.78 is 24.0. The number of nitrogens with zero attached hydrogens (tertiary/aromatic N) is 1. The lowest BCUT2D eigenvalue weighted by molar-refractivity contribution is -0.132. The van der Waals surface area contributed by atoms with Crippen LogP contribution in [-0.4, -0.2) is 31.6 Å². The van der Waals surface area contributed by atoms with Crippen LogP contribution in [0.15, 0.2) is 42.5 Å². The molecule has 4 nitrogen and oxygen atoms in total. The molecule has 138 valence electrons. The molecule has 1 aliphatic heterocycles. The Balaban J connectivity index is 1.65. The van der Waals surface area contributed by atoms with E-state index in [1.807, 2.05) is 29.2 Å². The summed E-state index contributed by atoms with van der Waals surface area (Å²) in [5, 5.41) is 0. The van der Waals surface area contributed by atoms with E-state index in [9.17, 15) is 9.18 Å². The molecule has 2 aromatic rings. The van der Waals surface area contributed by atoms with Gasteiger partial charge in [-0.05, 0) is 54.7 Å². The molecule has 0 bridgehead atoms. The molecular formula is C21H24FNO3. The van der Waals surface area contributed by atoms with E-state index in [1.165, 1.54) is 13.2 Å². The fourth-order valence-electron chi connectivity index (χ4n) is 3.52. The van der Waals surface area contributed by atoms with E-state index < -0.39 is 5.82 Å². The molecule has 3 rings (SSSR count). The fourth-order valence-corrected chi connectivity index (χ4v) is 3.52. The smallest absolute Gasteiger partial charge is 0.223 e. The van der Waals surface area contributed by atoms with Crippen LogP contribution in [0.1, 0.15) is 36.4 Å². The molecule has 0 radical (unpaired) electrons. The van der Waals surface area contributed by atoms with Crippen molar-refractivity contribution in [2.45, 2.75) is 31.7 Å². The van der Waals surface area contributed by atoms with Crippen molar-refractivity contribution in [3.63, 3.8) is 0 Å². The van der Waals surface area contributed by atoms with Gasteiger partial charge in [-0.3, -0.25) is 4.79 Å². The minimum absolute atomic E-state index is 0.0882. The molecule has 1 amide bonds. The molecule has 5 heteroatoms. The van der Waals surface area contributed by atoms with Crippen molar-refractivity contribution < 1.29 is 18.7 Å².